The number of benzene rings is 2. The molecule has 166 valence electrons. The van der Waals surface area contributed by atoms with Crippen molar-refractivity contribution in [3.63, 3.8) is 0 Å². The van der Waals surface area contributed by atoms with Crippen LogP contribution >= 0.6 is 23.2 Å². The van der Waals surface area contributed by atoms with Gasteiger partial charge < -0.3 is 15.0 Å². The number of hydrogen-bond acceptors (Lipinski definition) is 3. The third-order valence-electron chi connectivity index (χ3n) is 5.15. The van der Waals surface area contributed by atoms with Crippen LogP contribution in [0.15, 0.2) is 42.5 Å². The standard InChI is InChI=1S/C25H36Cl2N2O/c1-3-5-15-29(16-6-4-2)17-9-14-28-19-22-10-7-8-11-25(22)30-20-21-12-13-23(26)24(27)18-21/h7-8,10-13,18,28H,3-6,9,14-17,19-20H2,1-2H3. The van der Waals surface area contributed by atoms with Crippen LogP contribution in [0.3, 0.4) is 0 Å². The Hall–Kier alpha value is -1.26. The van der Waals surface area contributed by atoms with E-state index in [0.29, 0.717) is 16.7 Å². The smallest absolute Gasteiger partial charge is 0.124 e. The minimum atomic E-state index is 0.470. The minimum Gasteiger partial charge on any atom is -0.489 e. The molecular formula is C25H36Cl2N2O. The predicted octanol–water partition coefficient (Wildman–Crippen LogP) is 6.95. The maximum absolute atomic E-state index is 6.10. The molecule has 30 heavy (non-hydrogen) atoms. The summed E-state index contributed by atoms with van der Waals surface area (Å²) in [5.74, 6) is 0.906. The van der Waals surface area contributed by atoms with Gasteiger partial charge >= 0.3 is 0 Å². The quantitative estimate of drug-likeness (QED) is 0.297. The van der Waals surface area contributed by atoms with Gasteiger partial charge in [0.15, 0.2) is 0 Å². The normalized spacial score (nSPS) is 11.2. The molecule has 0 aliphatic carbocycles. The van der Waals surface area contributed by atoms with E-state index in [1.54, 1.807) is 6.07 Å². The van der Waals surface area contributed by atoms with E-state index in [-0.39, 0.29) is 0 Å². The van der Waals surface area contributed by atoms with Crippen molar-refractivity contribution in [3.05, 3.63) is 63.6 Å². The molecule has 0 aliphatic heterocycles. The Balaban J connectivity index is 1.76. The number of nitrogens with one attached hydrogen (secondary N) is 1. The molecule has 0 saturated carbocycles. The van der Waals surface area contributed by atoms with Gasteiger partial charge in [0.05, 0.1) is 10.0 Å². The van der Waals surface area contributed by atoms with Crippen molar-refractivity contribution in [1.29, 1.82) is 0 Å². The number of hydrogen-bond donors (Lipinski definition) is 1. The Bertz CT molecular complexity index is 731. The highest BCUT2D eigenvalue weighted by molar-refractivity contribution is 6.42. The van der Waals surface area contributed by atoms with E-state index in [4.69, 9.17) is 27.9 Å². The summed E-state index contributed by atoms with van der Waals surface area (Å²) in [6.07, 6.45) is 6.28. The van der Waals surface area contributed by atoms with Crippen molar-refractivity contribution < 1.29 is 4.74 Å². The summed E-state index contributed by atoms with van der Waals surface area (Å²) in [4.78, 5) is 2.61. The third kappa shape index (κ3) is 9.26. The lowest BCUT2D eigenvalue weighted by atomic mass is 10.2. The number of halogens is 2. The van der Waals surface area contributed by atoms with Gasteiger partial charge in [0, 0.05) is 12.1 Å². The van der Waals surface area contributed by atoms with Gasteiger partial charge in [0.1, 0.15) is 12.4 Å². The number of ether oxygens (including phenoxy) is 1. The Labute approximate surface area is 192 Å². The van der Waals surface area contributed by atoms with E-state index in [0.717, 1.165) is 24.4 Å². The van der Waals surface area contributed by atoms with Crippen molar-refractivity contribution in [1.82, 2.24) is 10.2 Å². The highest BCUT2D eigenvalue weighted by atomic mass is 35.5. The Kier molecular flexibility index (Phi) is 12.2. The molecule has 2 aromatic rings. The molecule has 0 bridgehead atoms. The second kappa shape index (κ2) is 14.7. The van der Waals surface area contributed by atoms with Crippen molar-refractivity contribution in [3.8, 4) is 5.75 Å². The molecule has 0 aliphatic rings. The highest BCUT2D eigenvalue weighted by Crippen LogP contribution is 2.24. The molecule has 1 N–H and O–H groups in total. The predicted molar refractivity (Wildman–Crippen MR) is 130 cm³/mol. The van der Waals surface area contributed by atoms with Gasteiger partial charge in [0.2, 0.25) is 0 Å². The molecule has 5 heteroatoms. The first-order chi connectivity index (χ1) is 14.6. The van der Waals surface area contributed by atoms with Crippen molar-refractivity contribution in [2.75, 3.05) is 26.2 Å². The molecule has 0 aromatic heterocycles. The number of unbranched alkanes of at least 4 members (excludes halogenated alkanes) is 2. The van der Waals surface area contributed by atoms with E-state index in [9.17, 15) is 0 Å². The number of para-hydroxylation sites is 1. The molecule has 0 atom stereocenters. The fourth-order valence-electron chi connectivity index (χ4n) is 3.33. The van der Waals surface area contributed by atoms with Crippen molar-refractivity contribution in [2.45, 2.75) is 59.1 Å². The molecule has 2 rings (SSSR count). The fourth-order valence-corrected chi connectivity index (χ4v) is 3.65. The Morgan fingerprint density at radius 1 is 0.867 bits per heavy atom. The average molecular weight is 451 g/mol. The first kappa shape index (κ1) is 25.0. The SMILES string of the molecule is CCCCN(CCCC)CCCNCc1ccccc1OCc1ccc(Cl)c(Cl)c1. The van der Waals surface area contributed by atoms with Crippen molar-refractivity contribution in [2.24, 2.45) is 0 Å². The lowest BCUT2D eigenvalue weighted by Crippen LogP contribution is -2.29. The Morgan fingerprint density at radius 2 is 1.57 bits per heavy atom. The molecule has 0 saturated heterocycles. The topological polar surface area (TPSA) is 24.5 Å². The molecule has 0 heterocycles. The van der Waals surface area contributed by atoms with Gasteiger partial charge in [-0.15, -0.1) is 0 Å². The van der Waals surface area contributed by atoms with Crippen LogP contribution in [0, 0.1) is 0 Å². The Morgan fingerprint density at radius 3 is 2.27 bits per heavy atom. The van der Waals surface area contributed by atoms with Crippen LogP contribution < -0.4 is 10.1 Å². The number of nitrogens with zero attached hydrogens (tertiary/aromatic N) is 1. The van der Waals surface area contributed by atoms with Crippen LogP contribution in [0.1, 0.15) is 57.1 Å². The molecular weight excluding hydrogens is 415 g/mol. The molecule has 3 nitrogen and oxygen atoms in total. The van der Waals surface area contributed by atoms with Gasteiger partial charge in [-0.1, -0.05) is 74.2 Å². The van der Waals surface area contributed by atoms with Crippen LogP contribution in [0.2, 0.25) is 10.0 Å². The van der Waals surface area contributed by atoms with E-state index >= 15 is 0 Å². The minimum absolute atomic E-state index is 0.470. The second-order valence-corrected chi connectivity index (χ2v) is 8.54. The zero-order chi connectivity index (χ0) is 21.6. The molecule has 0 fully saturated rings. The van der Waals surface area contributed by atoms with Gasteiger partial charge in [-0.25, -0.2) is 0 Å². The summed E-state index contributed by atoms with van der Waals surface area (Å²) < 4.78 is 6.05. The second-order valence-electron chi connectivity index (χ2n) is 7.72. The van der Waals surface area contributed by atoms with Gasteiger partial charge in [-0.05, 0) is 69.2 Å². The average Bonchev–Trinajstić information content (AvgIpc) is 2.76. The monoisotopic (exact) mass is 450 g/mol. The van der Waals surface area contributed by atoms with Crippen molar-refractivity contribution >= 4 is 23.2 Å². The van der Waals surface area contributed by atoms with E-state index < -0.39 is 0 Å². The van der Waals surface area contributed by atoms with Crippen LogP contribution in [0.5, 0.6) is 5.75 Å². The summed E-state index contributed by atoms with van der Waals surface area (Å²) in [7, 11) is 0. The van der Waals surface area contributed by atoms with Gasteiger partial charge in [0.25, 0.3) is 0 Å². The van der Waals surface area contributed by atoms with Crippen LogP contribution in [-0.2, 0) is 13.2 Å². The molecule has 2 aromatic carbocycles. The van der Waals surface area contributed by atoms with Crippen LogP contribution in [0.25, 0.3) is 0 Å². The zero-order valence-electron chi connectivity index (χ0n) is 18.4. The zero-order valence-corrected chi connectivity index (χ0v) is 19.9. The highest BCUT2D eigenvalue weighted by Gasteiger charge is 2.06. The lowest BCUT2D eigenvalue weighted by Gasteiger charge is -2.22. The maximum atomic E-state index is 6.10. The summed E-state index contributed by atoms with van der Waals surface area (Å²) in [5, 5.41) is 4.70. The van der Waals surface area contributed by atoms with Gasteiger partial charge in [-0.3, -0.25) is 0 Å². The maximum Gasteiger partial charge on any atom is 0.124 e. The van der Waals surface area contributed by atoms with E-state index in [1.807, 2.05) is 24.3 Å². The molecule has 0 amide bonds. The van der Waals surface area contributed by atoms with Crippen LogP contribution in [-0.4, -0.2) is 31.1 Å². The number of rotatable bonds is 15. The molecule has 0 unspecified atom stereocenters. The summed E-state index contributed by atoms with van der Waals surface area (Å²) in [6.45, 7) is 10.4. The fraction of sp³-hybridized carbons (Fsp3) is 0.520. The molecule has 0 spiro atoms. The van der Waals surface area contributed by atoms with E-state index in [1.165, 1.54) is 57.3 Å². The molecule has 0 radical (unpaired) electrons. The van der Waals surface area contributed by atoms with Crippen LogP contribution in [0.4, 0.5) is 0 Å². The first-order valence-electron chi connectivity index (χ1n) is 11.2. The summed E-state index contributed by atoms with van der Waals surface area (Å²) >= 11 is 12.1. The van der Waals surface area contributed by atoms with Gasteiger partial charge in [-0.2, -0.15) is 0 Å². The summed E-state index contributed by atoms with van der Waals surface area (Å²) in [6, 6.07) is 13.8. The first-order valence-corrected chi connectivity index (χ1v) is 12.0. The summed E-state index contributed by atoms with van der Waals surface area (Å²) in [5.41, 5.74) is 2.18. The third-order valence-corrected chi connectivity index (χ3v) is 5.89. The lowest BCUT2D eigenvalue weighted by molar-refractivity contribution is 0.260. The largest absolute Gasteiger partial charge is 0.489 e. The van der Waals surface area contributed by atoms with E-state index in [2.05, 4.69) is 36.2 Å².